The number of rotatable bonds is 13. The maximum absolute atomic E-state index is 12.3. The summed E-state index contributed by atoms with van der Waals surface area (Å²) in [6, 6.07) is 3.24. The van der Waals surface area contributed by atoms with E-state index in [9.17, 15) is 9.59 Å². The Labute approximate surface area is 156 Å². The maximum Gasteiger partial charge on any atom is 0.355 e. The number of halogens is 1. The van der Waals surface area contributed by atoms with Gasteiger partial charge in [-0.3, -0.25) is 9.36 Å². The van der Waals surface area contributed by atoms with Crippen molar-refractivity contribution in [2.45, 2.75) is 82.9 Å². The standard InChI is InChI=1S/C20H32ClNO3/c1-3-4-5-6-7-8-9-10-11-13-17(21)16-19(23)22-15-12-14-18(22)20(24)25-2/h12,14-15,17H,3-11,13,16H2,1-2H3. The predicted octanol–water partition coefficient (Wildman–Crippen LogP) is 5.83. The van der Waals surface area contributed by atoms with Crippen molar-refractivity contribution >= 4 is 23.5 Å². The summed E-state index contributed by atoms with van der Waals surface area (Å²) in [6.45, 7) is 2.24. The Morgan fingerprint density at radius 1 is 1.08 bits per heavy atom. The summed E-state index contributed by atoms with van der Waals surface area (Å²) in [5.41, 5.74) is 0.249. The second-order valence-electron chi connectivity index (χ2n) is 6.57. The van der Waals surface area contributed by atoms with Crippen molar-refractivity contribution in [2.24, 2.45) is 0 Å². The minimum Gasteiger partial charge on any atom is -0.464 e. The van der Waals surface area contributed by atoms with E-state index in [1.54, 1.807) is 18.3 Å². The lowest BCUT2D eigenvalue weighted by atomic mass is 10.0. The molecule has 0 bridgehead atoms. The van der Waals surface area contributed by atoms with E-state index in [0.717, 1.165) is 12.8 Å². The number of ether oxygens (including phenoxy) is 1. The minimum atomic E-state index is -0.511. The summed E-state index contributed by atoms with van der Waals surface area (Å²) in [6.07, 6.45) is 14.1. The number of hydrogen-bond acceptors (Lipinski definition) is 3. The van der Waals surface area contributed by atoms with Gasteiger partial charge in [0.15, 0.2) is 0 Å². The Morgan fingerprint density at radius 3 is 2.28 bits per heavy atom. The molecule has 142 valence electrons. The van der Waals surface area contributed by atoms with E-state index >= 15 is 0 Å². The number of alkyl halides is 1. The molecule has 4 nitrogen and oxygen atoms in total. The van der Waals surface area contributed by atoms with Crippen LogP contribution in [0.15, 0.2) is 18.3 Å². The number of carbonyl (C=O) groups excluding carboxylic acids is 2. The van der Waals surface area contributed by atoms with Crippen molar-refractivity contribution in [3.8, 4) is 0 Å². The number of nitrogens with zero attached hydrogens (tertiary/aromatic N) is 1. The summed E-state index contributed by atoms with van der Waals surface area (Å²) in [5, 5.41) is -0.190. The van der Waals surface area contributed by atoms with Gasteiger partial charge in [-0.15, -0.1) is 11.6 Å². The number of unbranched alkanes of at least 4 members (excludes halogenated alkanes) is 8. The molecule has 0 spiro atoms. The summed E-state index contributed by atoms with van der Waals surface area (Å²) >= 11 is 6.31. The molecule has 0 aliphatic rings. The molecule has 0 N–H and O–H groups in total. The monoisotopic (exact) mass is 369 g/mol. The molecule has 1 atom stereocenters. The Kier molecular flexibility index (Phi) is 11.3. The van der Waals surface area contributed by atoms with Gasteiger partial charge < -0.3 is 4.74 Å². The smallest absolute Gasteiger partial charge is 0.355 e. The molecule has 0 aromatic carbocycles. The Bertz CT molecular complexity index is 513. The number of aromatic nitrogens is 1. The fourth-order valence-electron chi connectivity index (χ4n) is 2.94. The lowest BCUT2D eigenvalue weighted by molar-refractivity contribution is 0.0580. The molecule has 0 amide bonds. The predicted molar refractivity (Wildman–Crippen MR) is 103 cm³/mol. The number of hydrogen-bond donors (Lipinski definition) is 0. The summed E-state index contributed by atoms with van der Waals surface area (Å²) in [7, 11) is 1.30. The first-order valence-corrected chi connectivity index (χ1v) is 9.96. The molecular formula is C20H32ClNO3. The van der Waals surface area contributed by atoms with Gasteiger partial charge in [0.1, 0.15) is 5.69 Å². The Balaban J connectivity index is 2.18. The van der Waals surface area contributed by atoms with Gasteiger partial charge in [-0.2, -0.15) is 0 Å². The van der Waals surface area contributed by atoms with Crippen LogP contribution in [0.5, 0.6) is 0 Å². The molecule has 0 aliphatic heterocycles. The van der Waals surface area contributed by atoms with Crippen LogP contribution in [-0.2, 0) is 4.74 Å². The van der Waals surface area contributed by atoms with Gasteiger partial charge in [0.25, 0.3) is 0 Å². The molecular weight excluding hydrogens is 338 g/mol. The zero-order valence-corrected chi connectivity index (χ0v) is 16.4. The van der Waals surface area contributed by atoms with Crippen LogP contribution in [-0.4, -0.2) is 28.9 Å². The molecule has 0 saturated heterocycles. The third-order valence-corrected chi connectivity index (χ3v) is 4.80. The van der Waals surface area contributed by atoms with Gasteiger partial charge >= 0.3 is 5.97 Å². The molecule has 0 saturated carbocycles. The summed E-state index contributed by atoms with van der Waals surface area (Å²) in [5.74, 6) is -0.676. The van der Waals surface area contributed by atoms with Crippen LogP contribution in [0.1, 0.15) is 92.8 Å². The molecule has 1 unspecified atom stereocenters. The van der Waals surface area contributed by atoms with E-state index in [0.29, 0.717) is 0 Å². The van der Waals surface area contributed by atoms with Crippen LogP contribution in [0.2, 0.25) is 0 Å². The van der Waals surface area contributed by atoms with Crippen LogP contribution in [0.4, 0.5) is 0 Å². The van der Waals surface area contributed by atoms with E-state index in [2.05, 4.69) is 11.7 Å². The van der Waals surface area contributed by atoms with Crippen LogP contribution in [0.3, 0.4) is 0 Å². The van der Waals surface area contributed by atoms with Gasteiger partial charge in [0, 0.05) is 18.0 Å². The number of esters is 1. The quantitative estimate of drug-likeness (QED) is 0.249. The average Bonchev–Trinajstić information content (AvgIpc) is 3.09. The van der Waals surface area contributed by atoms with Crippen LogP contribution < -0.4 is 0 Å². The fraction of sp³-hybridized carbons (Fsp3) is 0.700. The maximum atomic E-state index is 12.3. The highest BCUT2D eigenvalue weighted by Crippen LogP contribution is 2.17. The molecule has 1 rings (SSSR count). The second-order valence-corrected chi connectivity index (χ2v) is 7.18. The molecule has 1 heterocycles. The third-order valence-electron chi connectivity index (χ3n) is 4.43. The molecule has 1 aromatic rings. The molecule has 0 radical (unpaired) electrons. The molecule has 1 aromatic heterocycles. The fourth-order valence-corrected chi connectivity index (χ4v) is 3.22. The van der Waals surface area contributed by atoms with E-state index in [-0.39, 0.29) is 23.4 Å². The second kappa shape index (κ2) is 13.0. The van der Waals surface area contributed by atoms with E-state index < -0.39 is 5.97 Å². The van der Waals surface area contributed by atoms with Crippen LogP contribution >= 0.6 is 11.6 Å². The first-order chi connectivity index (χ1) is 12.1. The SMILES string of the molecule is CCCCCCCCCCCC(Cl)CC(=O)n1cccc1C(=O)OC. The van der Waals surface area contributed by atoms with Gasteiger partial charge in [-0.05, 0) is 18.6 Å². The highest BCUT2D eigenvalue weighted by molar-refractivity contribution is 6.21. The van der Waals surface area contributed by atoms with Crippen molar-refractivity contribution in [3.63, 3.8) is 0 Å². The highest BCUT2D eigenvalue weighted by atomic mass is 35.5. The first kappa shape index (κ1) is 21.8. The zero-order chi connectivity index (χ0) is 18.5. The highest BCUT2D eigenvalue weighted by Gasteiger charge is 2.18. The van der Waals surface area contributed by atoms with Gasteiger partial charge in [0.2, 0.25) is 5.91 Å². The lowest BCUT2D eigenvalue weighted by Crippen LogP contribution is -2.20. The first-order valence-electron chi connectivity index (χ1n) is 9.53. The molecule has 0 fully saturated rings. The van der Waals surface area contributed by atoms with Crippen molar-refractivity contribution < 1.29 is 14.3 Å². The normalized spacial score (nSPS) is 12.1. The summed E-state index contributed by atoms with van der Waals surface area (Å²) < 4.78 is 6.01. The number of carbonyl (C=O) groups is 2. The van der Waals surface area contributed by atoms with E-state index in [4.69, 9.17) is 11.6 Å². The van der Waals surface area contributed by atoms with Crippen molar-refractivity contribution in [3.05, 3.63) is 24.0 Å². The van der Waals surface area contributed by atoms with Crippen molar-refractivity contribution in [2.75, 3.05) is 7.11 Å². The molecule has 5 heteroatoms. The van der Waals surface area contributed by atoms with Crippen LogP contribution in [0.25, 0.3) is 0 Å². The van der Waals surface area contributed by atoms with Crippen LogP contribution in [0, 0.1) is 0 Å². The largest absolute Gasteiger partial charge is 0.464 e. The van der Waals surface area contributed by atoms with Crippen molar-refractivity contribution in [1.29, 1.82) is 0 Å². The molecule has 0 aliphatic carbocycles. The number of methoxy groups -OCH3 is 1. The van der Waals surface area contributed by atoms with Gasteiger partial charge in [-0.1, -0.05) is 64.7 Å². The Hall–Kier alpha value is -1.29. The van der Waals surface area contributed by atoms with E-state index in [1.807, 2.05) is 0 Å². The average molecular weight is 370 g/mol. The van der Waals surface area contributed by atoms with Gasteiger partial charge in [0.05, 0.1) is 7.11 Å². The summed E-state index contributed by atoms with van der Waals surface area (Å²) in [4.78, 5) is 23.9. The topological polar surface area (TPSA) is 48.3 Å². The zero-order valence-electron chi connectivity index (χ0n) is 15.6. The van der Waals surface area contributed by atoms with Gasteiger partial charge in [-0.25, -0.2) is 4.79 Å². The van der Waals surface area contributed by atoms with E-state index in [1.165, 1.54) is 63.0 Å². The van der Waals surface area contributed by atoms with Crippen molar-refractivity contribution in [1.82, 2.24) is 4.57 Å². The minimum absolute atomic E-state index is 0.165. The third kappa shape index (κ3) is 8.57. The molecule has 25 heavy (non-hydrogen) atoms. The Morgan fingerprint density at radius 2 is 1.68 bits per heavy atom. The lowest BCUT2D eigenvalue weighted by Gasteiger charge is -2.11.